The molecule has 19 heavy (non-hydrogen) atoms. The quantitative estimate of drug-likeness (QED) is 0.881. The second-order valence-electron chi connectivity index (χ2n) is 4.71. The van der Waals surface area contributed by atoms with Crippen molar-refractivity contribution >= 4 is 11.7 Å². The molecule has 2 aromatic rings. The molecule has 1 heterocycles. The van der Waals surface area contributed by atoms with Crippen LogP contribution in [0.4, 0.5) is 5.82 Å². The maximum atomic E-state index is 12.2. The fourth-order valence-corrected chi connectivity index (χ4v) is 2.08. The summed E-state index contributed by atoms with van der Waals surface area (Å²) in [4.78, 5) is 12.2. The highest BCUT2D eigenvalue weighted by Crippen LogP contribution is 2.15. The van der Waals surface area contributed by atoms with Crippen LogP contribution in [-0.4, -0.2) is 15.7 Å². The molecule has 0 unspecified atom stereocenters. The number of hydrogen-bond acceptors (Lipinski definition) is 3. The first-order valence-corrected chi connectivity index (χ1v) is 6.12. The zero-order valence-corrected chi connectivity index (χ0v) is 11.4. The van der Waals surface area contributed by atoms with Crippen molar-refractivity contribution in [3.63, 3.8) is 0 Å². The lowest BCUT2D eigenvalue weighted by Gasteiger charge is -2.06. The maximum absolute atomic E-state index is 12.2. The molecule has 0 saturated carbocycles. The third-order valence-corrected chi connectivity index (χ3v) is 2.84. The van der Waals surface area contributed by atoms with Crippen molar-refractivity contribution in [2.75, 3.05) is 5.32 Å². The average Bonchev–Trinajstić information content (AvgIpc) is 2.68. The lowest BCUT2D eigenvalue weighted by molar-refractivity contribution is 0.102. The number of carbonyl (C=O) groups is 1. The van der Waals surface area contributed by atoms with Gasteiger partial charge in [-0.05, 0) is 26.0 Å². The van der Waals surface area contributed by atoms with Crippen molar-refractivity contribution in [2.45, 2.75) is 20.4 Å². The Morgan fingerprint density at radius 1 is 1.32 bits per heavy atom. The van der Waals surface area contributed by atoms with Gasteiger partial charge in [0.05, 0.1) is 0 Å². The summed E-state index contributed by atoms with van der Waals surface area (Å²) in [5.41, 5.74) is 9.19. The molecule has 0 aliphatic rings. The van der Waals surface area contributed by atoms with E-state index in [4.69, 9.17) is 5.73 Å². The first kappa shape index (κ1) is 13.3. The Bertz CT molecular complexity index is 596. The lowest BCUT2D eigenvalue weighted by atomic mass is 10.1. The molecule has 5 heteroatoms. The van der Waals surface area contributed by atoms with Crippen LogP contribution in [0, 0.1) is 13.8 Å². The molecule has 1 amide bonds. The van der Waals surface area contributed by atoms with Crippen LogP contribution in [0.1, 0.15) is 27.0 Å². The molecule has 1 aromatic carbocycles. The largest absolute Gasteiger partial charge is 0.326 e. The average molecular weight is 258 g/mol. The molecule has 0 fully saturated rings. The van der Waals surface area contributed by atoms with Crippen LogP contribution in [0.15, 0.2) is 24.4 Å². The molecule has 3 N–H and O–H groups in total. The first-order valence-electron chi connectivity index (χ1n) is 6.12. The van der Waals surface area contributed by atoms with E-state index in [0.29, 0.717) is 17.9 Å². The number of benzene rings is 1. The van der Waals surface area contributed by atoms with E-state index in [-0.39, 0.29) is 5.91 Å². The minimum Gasteiger partial charge on any atom is -0.326 e. The fraction of sp³-hybridized carbons (Fsp3) is 0.286. The van der Waals surface area contributed by atoms with Crippen molar-refractivity contribution < 1.29 is 4.79 Å². The molecule has 0 atom stereocenters. The van der Waals surface area contributed by atoms with Gasteiger partial charge in [-0.25, -0.2) is 0 Å². The van der Waals surface area contributed by atoms with E-state index in [0.717, 1.165) is 16.7 Å². The highest BCUT2D eigenvalue weighted by atomic mass is 16.1. The van der Waals surface area contributed by atoms with Crippen molar-refractivity contribution in [1.29, 1.82) is 0 Å². The highest BCUT2D eigenvalue weighted by molar-refractivity contribution is 6.04. The Balaban J connectivity index is 2.25. The molecule has 0 aliphatic heterocycles. The molecule has 0 bridgehead atoms. The van der Waals surface area contributed by atoms with Gasteiger partial charge in [-0.3, -0.25) is 9.48 Å². The van der Waals surface area contributed by atoms with E-state index in [1.807, 2.05) is 32.0 Å². The van der Waals surface area contributed by atoms with Crippen molar-refractivity contribution in [3.8, 4) is 0 Å². The fourth-order valence-electron chi connectivity index (χ4n) is 2.08. The molecule has 5 nitrogen and oxygen atoms in total. The van der Waals surface area contributed by atoms with E-state index in [2.05, 4.69) is 10.4 Å². The number of aromatic nitrogens is 2. The minimum absolute atomic E-state index is 0.166. The molecule has 0 aliphatic carbocycles. The zero-order chi connectivity index (χ0) is 14.0. The van der Waals surface area contributed by atoms with Gasteiger partial charge in [0.2, 0.25) is 0 Å². The summed E-state index contributed by atoms with van der Waals surface area (Å²) in [6.07, 6.45) is 1.80. The second-order valence-corrected chi connectivity index (χ2v) is 4.71. The summed E-state index contributed by atoms with van der Waals surface area (Å²) >= 11 is 0. The molecule has 0 radical (unpaired) electrons. The zero-order valence-electron chi connectivity index (χ0n) is 11.4. The van der Waals surface area contributed by atoms with E-state index < -0.39 is 0 Å². The Morgan fingerprint density at radius 3 is 2.53 bits per heavy atom. The van der Waals surface area contributed by atoms with Crippen LogP contribution in [0.5, 0.6) is 0 Å². The smallest absolute Gasteiger partial charge is 0.256 e. The molecule has 0 saturated heterocycles. The van der Waals surface area contributed by atoms with E-state index >= 15 is 0 Å². The molecular weight excluding hydrogens is 240 g/mol. The van der Waals surface area contributed by atoms with Crippen LogP contribution < -0.4 is 11.1 Å². The SMILES string of the molecule is Cc1cc(C)cc(C(=O)Nc2nn(C)cc2CN)c1. The number of carbonyl (C=O) groups excluding carboxylic acids is 1. The molecular formula is C14H18N4O. The van der Waals surface area contributed by atoms with Crippen molar-refractivity contribution in [1.82, 2.24) is 9.78 Å². The number of nitrogens with zero attached hydrogens (tertiary/aromatic N) is 2. The van der Waals surface area contributed by atoms with Crippen molar-refractivity contribution in [2.24, 2.45) is 12.8 Å². The lowest BCUT2D eigenvalue weighted by Crippen LogP contribution is -2.14. The van der Waals surface area contributed by atoms with E-state index in [1.54, 1.807) is 17.9 Å². The molecule has 1 aromatic heterocycles. The number of nitrogens with one attached hydrogen (secondary N) is 1. The van der Waals surface area contributed by atoms with Crippen LogP contribution in [0.25, 0.3) is 0 Å². The highest BCUT2D eigenvalue weighted by Gasteiger charge is 2.12. The normalized spacial score (nSPS) is 10.5. The summed E-state index contributed by atoms with van der Waals surface area (Å²) in [6.45, 7) is 4.28. The van der Waals surface area contributed by atoms with E-state index in [9.17, 15) is 4.79 Å². The van der Waals surface area contributed by atoms with Crippen LogP contribution in [0.2, 0.25) is 0 Å². The van der Waals surface area contributed by atoms with Gasteiger partial charge in [0.1, 0.15) is 0 Å². The van der Waals surface area contributed by atoms with Gasteiger partial charge in [0.15, 0.2) is 5.82 Å². The van der Waals surface area contributed by atoms with Gasteiger partial charge in [0.25, 0.3) is 5.91 Å². The summed E-state index contributed by atoms with van der Waals surface area (Å²) in [5, 5.41) is 7.00. The Morgan fingerprint density at radius 2 is 1.95 bits per heavy atom. The number of rotatable bonds is 3. The summed E-state index contributed by atoms with van der Waals surface area (Å²) in [7, 11) is 1.80. The van der Waals surface area contributed by atoms with Crippen LogP contribution in [-0.2, 0) is 13.6 Å². The summed E-state index contributed by atoms with van der Waals surface area (Å²) in [5.74, 6) is 0.356. The standard InChI is InChI=1S/C14H18N4O/c1-9-4-10(2)6-11(5-9)14(19)16-13-12(7-15)8-18(3)17-13/h4-6,8H,7,15H2,1-3H3,(H,16,17,19). The van der Waals surface area contributed by atoms with Gasteiger partial charge in [-0.1, -0.05) is 17.2 Å². The number of aryl methyl sites for hydroxylation is 3. The Kier molecular flexibility index (Phi) is 3.66. The monoisotopic (exact) mass is 258 g/mol. The number of anilines is 1. The van der Waals surface area contributed by atoms with Crippen molar-refractivity contribution in [3.05, 3.63) is 46.6 Å². The maximum Gasteiger partial charge on any atom is 0.256 e. The molecule has 100 valence electrons. The number of nitrogens with two attached hydrogens (primary N) is 1. The van der Waals surface area contributed by atoms with Gasteiger partial charge in [-0.2, -0.15) is 5.10 Å². The first-order chi connectivity index (χ1) is 8.99. The van der Waals surface area contributed by atoms with Gasteiger partial charge in [0, 0.05) is 30.9 Å². The third kappa shape index (κ3) is 3.00. The third-order valence-electron chi connectivity index (χ3n) is 2.84. The Labute approximate surface area is 112 Å². The van der Waals surface area contributed by atoms with Crippen LogP contribution >= 0.6 is 0 Å². The topological polar surface area (TPSA) is 72.9 Å². The minimum atomic E-state index is -0.166. The summed E-state index contributed by atoms with van der Waals surface area (Å²) in [6, 6.07) is 5.74. The number of hydrogen-bond donors (Lipinski definition) is 2. The van der Waals surface area contributed by atoms with Crippen LogP contribution in [0.3, 0.4) is 0 Å². The predicted octanol–water partition coefficient (Wildman–Crippen LogP) is 1.75. The van der Waals surface area contributed by atoms with Gasteiger partial charge in [-0.15, -0.1) is 0 Å². The van der Waals surface area contributed by atoms with Gasteiger partial charge < -0.3 is 11.1 Å². The molecule has 2 rings (SSSR count). The van der Waals surface area contributed by atoms with E-state index in [1.165, 1.54) is 0 Å². The molecule has 0 spiro atoms. The number of amides is 1. The predicted molar refractivity (Wildman–Crippen MR) is 75.0 cm³/mol. The summed E-state index contributed by atoms with van der Waals surface area (Å²) < 4.78 is 1.64. The second kappa shape index (κ2) is 5.24. The van der Waals surface area contributed by atoms with Gasteiger partial charge >= 0.3 is 0 Å². The Hall–Kier alpha value is -2.14.